The summed E-state index contributed by atoms with van der Waals surface area (Å²) in [7, 11) is 0. The number of ether oxygens (including phenoxy) is 1. The Morgan fingerprint density at radius 3 is 2.58 bits per heavy atom. The molecule has 0 heterocycles. The number of rotatable bonds is 7. The third-order valence-electron chi connectivity index (χ3n) is 1.65. The van der Waals surface area contributed by atoms with Crippen LogP contribution in [0.4, 0.5) is 0 Å². The number of hydrogen-bond donors (Lipinski definition) is 0. The second-order valence-electron chi connectivity index (χ2n) is 2.83. The van der Waals surface area contributed by atoms with Crippen LogP contribution in [0, 0.1) is 0 Å². The molecule has 0 aromatic carbocycles. The standard InChI is InChI=1S/C10H19BrO/c1-3-5-6-7-8-10(11)9-12-4-2/h9H,3-8H2,1-2H3/b10-9-. The van der Waals surface area contributed by atoms with Gasteiger partial charge in [-0.05, 0) is 19.8 Å². The van der Waals surface area contributed by atoms with Crippen LogP contribution in [0.1, 0.15) is 46.0 Å². The lowest BCUT2D eigenvalue weighted by molar-refractivity contribution is 0.267. The van der Waals surface area contributed by atoms with Gasteiger partial charge in [0.05, 0.1) is 12.9 Å². The van der Waals surface area contributed by atoms with Gasteiger partial charge in [0.25, 0.3) is 0 Å². The molecule has 0 amide bonds. The number of hydrogen-bond acceptors (Lipinski definition) is 1. The lowest BCUT2D eigenvalue weighted by atomic mass is 10.1. The molecule has 0 saturated carbocycles. The monoisotopic (exact) mass is 234 g/mol. The molecule has 0 fully saturated rings. The SMILES string of the molecule is CCCCCC/C(Br)=C/OCC. The first-order valence-corrected chi connectivity index (χ1v) is 5.56. The minimum absolute atomic E-state index is 0.754. The van der Waals surface area contributed by atoms with E-state index in [4.69, 9.17) is 4.74 Å². The maximum absolute atomic E-state index is 5.14. The van der Waals surface area contributed by atoms with Gasteiger partial charge in [0.2, 0.25) is 0 Å². The zero-order chi connectivity index (χ0) is 9.23. The molecule has 0 aromatic rings. The third-order valence-corrected chi connectivity index (χ3v) is 2.23. The molecule has 0 spiro atoms. The normalized spacial score (nSPS) is 11.8. The van der Waals surface area contributed by atoms with Gasteiger partial charge in [-0.25, -0.2) is 0 Å². The van der Waals surface area contributed by atoms with Crippen LogP contribution < -0.4 is 0 Å². The van der Waals surface area contributed by atoms with E-state index in [1.807, 2.05) is 13.2 Å². The fraction of sp³-hybridized carbons (Fsp3) is 0.800. The highest BCUT2D eigenvalue weighted by atomic mass is 79.9. The summed E-state index contributed by atoms with van der Waals surface area (Å²) >= 11 is 3.47. The second-order valence-corrected chi connectivity index (χ2v) is 3.85. The summed E-state index contributed by atoms with van der Waals surface area (Å²) in [5.41, 5.74) is 0. The number of unbranched alkanes of at least 4 members (excludes halogenated alkanes) is 3. The summed E-state index contributed by atoms with van der Waals surface area (Å²) < 4.78 is 6.32. The van der Waals surface area contributed by atoms with Crippen LogP contribution >= 0.6 is 15.9 Å². The lowest BCUT2D eigenvalue weighted by Gasteiger charge is -1.99. The van der Waals surface area contributed by atoms with E-state index < -0.39 is 0 Å². The molecule has 72 valence electrons. The van der Waals surface area contributed by atoms with Gasteiger partial charge in [0.1, 0.15) is 0 Å². The quantitative estimate of drug-likeness (QED) is 0.474. The van der Waals surface area contributed by atoms with Gasteiger partial charge in [0, 0.05) is 4.48 Å². The highest BCUT2D eigenvalue weighted by molar-refractivity contribution is 9.11. The summed E-state index contributed by atoms with van der Waals surface area (Å²) in [5, 5.41) is 0. The molecule has 2 heteroatoms. The van der Waals surface area contributed by atoms with E-state index in [9.17, 15) is 0 Å². The maximum atomic E-state index is 5.14. The van der Waals surface area contributed by atoms with Crippen LogP contribution in [0.15, 0.2) is 10.7 Å². The molecular formula is C10H19BrO. The Hall–Kier alpha value is 0.0200. The predicted molar refractivity (Wildman–Crippen MR) is 57.4 cm³/mol. The molecule has 0 aliphatic rings. The average Bonchev–Trinajstić information content (AvgIpc) is 2.09. The van der Waals surface area contributed by atoms with Crippen LogP contribution in [0.5, 0.6) is 0 Å². The van der Waals surface area contributed by atoms with Crippen LogP contribution in [0.2, 0.25) is 0 Å². The Labute approximate surface area is 84.3 Å². The lowest BCUT2D eigenvalue weighted by Crippen LogP contribution is -1.81. The first-order chi connectivity index (χ1) is 5.81. The molecular weight excluding hydrogens is 216 g/mol. The molecule has 0 saturated heterocycles. The molecule has 0 atom stereocenters. The zero-order valence-corrected chi connectivity index (χ0v) is 9.69. The third kappa shape index (κ3) is 8.12. The van der Waals surface area contributed by atoms with Gasteiger partial charge in [-0.3, -0.25) is 0 Å². The van der Waals surface area contributed by atoms with E-state index in [0.29, 0.717) is 0 Å². The van der Waals surface area contributed by atoms with Gasteiger partial charge in [-0.2, -0.15) is 0 Å². The molecule has 0 aromatic heterocycles. The van der Waals surface area contributed by atoms with Gasteiger partial charge >= 0.3 is 0 Å². The highest BCUT2D eigenvalue weighted by Gasteiger charge is 1.92. The molecule has 0 unspecified atom stereocenters. The topological polar surface area (TPSA) is 9.23 Å². The van der Waals surface area contributed by atoms with Gasteiger partial charge < -0.3 is 4.74 Å². The minimum atomic E-state index is 0.754. The molecule has 0 rings (SSSR count). The van der Waals surface area contributed by atoms with Crippen molar-refractivity contribution in [3.05, 3.63) is 10.7 Å². The smallest absolute Gasteiger partial charge is 0.0929 e. The van der Waals surface area contributed by atoms with Gasteiger partial charge in [0.15, 0.2) is 0 Å². The van der Waals surface area contributed by atoms with Crippen molar-refractivity contribution in [1.29, 1.82) is 0 Å². The summed E-state index contributed by atoms with van der Waals surface area (Å²) in [4.78, 5) is 0. The summed E-state index contributed by atoms with van der Waals surface area (Å²) in [6, 6.07) is 0. The molecule has 0 radical (unpaired) electrons. The second kappa shape index (κ2) is 9.11. The van der Waals surface area contributed by atoms with E-state index >= 15 is 0 Å². The Morgan fingerprint density at radius 1 is 1.25 bits per heavy atom. The first-order valence-electron chi connectivity index (χ1n) is 4.77. The van der Waals surface area contributed by atoms with Gasteiger partial charge in [-0.15, -0.1) is 0 Å². The molecule has 12 heavy (non-hydrogen) atoms. The summed E-state index contributed by atoms with van der Waals surface area (Å²) in [6.45, 7) is 4.98. The maximum Gasteiger partial charge on any atom is 0.0929 e. The summed E-state index contributed by atoms with van der Waals surface area (Å²) in [5.74, 6) is 0. The highest BCUT2D eigenvalue weighted by Crippen LogP contribution is 2.15. The van der Waals surface area contributed by atoms with Gasteiger partial charge in [-0.1, -0.05) is 42.1 Å². The zero-order valence-electron chi connectivity index (χ0n) is 8.11. The van der Waals surface area contributed by atoms with E-state index in [-0.39, 0.29) is 0 Å². The van der Waals surface area contributed by atoms with Crippen LogP contribution in [0.3, 0.4) is 0 Å². The Bertz CT molecular complexity index is 121. The van der Waals surface area contributed by atoms with Crippen molar-refractivity contribution < 1.29 is 4.74 Å². The van der Waals surface area contributed by atoms with E-state index in [1.54, 1.807) is 0 Å². The number of halogens is 1. The Kier molecular flexibility index (Phi) is 9.13. The molecule has 0 aliphatic carbocycles. The minimum Gasteiger partial charge on any atom is -0.501 e. The summed E-state index contributed by atoms with van der Waals surface area (Å²) in [6.07, 6.45) is 8.15. The fourth-order valence-electron chi connectivity index (χ4n) is 0.953. The Balaban J connectivity index is 3.24. The van der Waals surface area contributed by atoms with Crippen molar-refractivity contribution in [3.8, 4) is 0 Å². The van der Waals surface area contributed by atoms with Crippen LogP contribution in [0.25, 0.3) is 0 Å². The van der Waals surface area contributed by atoms with Crippen molar-refractivity contribution in [3.63, 3.8) is 0 Å². The molecule has 1 nitrogen and oxygen atoms in total. The van der Waals surface area contributed by atoms with Crippen molar-refractivity contribution in [2.45, 2.75) is 46.0 Å². The molecule has 0 N–H and O–H groups in total. The van der Waals surface area contributed by atoms with Crippen molar-refractivity contribution in [1.82, 2.24) is 0 Å². The molecule has 0 aliphatic heterocycles. The average molecular weight is 235 g/mol. The first kappa shape index (κ1) is 12.0. The van der Waals surface area contributed by atoms with Crippen molar-refractivity contribution >= 4 is 15.9 Å². The number of allylic oxidation sites excluding steroid dienone is 1. The van der Waals surface area contributed by atoms with E-state index in [1.165, 1.54) is 30.2 Å². The van der Waals surface area contributed by atoms with Crippen molar-refractivity contribution in [2.75, 3.05) is 6.61 Å². The largest absolute Gasteiger partial charge is 0.501 e. The van der Waals surface area contributed by atoms with Crippen LogP contribution in [-0.4, -0.2) is 6.61 Å². The van der Waals surface area contributed by atoms with E-state index in [0.717, 1.165) is 13.0 Å². The Morgan fingerprint density at radius 2 is 2.00 bits per heavy atom. The van der Waals surface area contributed by atoms with Crippen LogP contribution in [-0.2, 0) is 4.74 Å². The van der Waals surface area contributed by atoms with E-state index in [2.05, 4.69) is 22.9 Å². The van der Waals surface area contributed by atoms with Crippen molar-refractivity contribution in [2.24, 2.45) is 0 Å². The predicted octanol–water partition coefficient (Wildman–Crippen LogP) is 4.23. The molecule has 0 bridgehead atoms. The fourth-order valence-corrected chi connectivity index (χ4v) is 1.37.